The maximum Gasteiger partial charge on any atom is 0.332 e. The highest BCUT2D eigenvalue weighted by molar-refractivity contribution is 5.71. The van der Waals surface area contributed by atoms with E-state index < -0.39 is 0 Å². The summed E-state index contributed by atoms with van der Waals surface area (Å²) in [5, 5.41) is 9.73. The van der Waals surface area contributed by atoms with Crippen molar-refractivity contribution in [1.29, 1.82) is 0 Å². The second-order valence-electron chi connectivity index (χ2n) is 7.66. The second kappa shape index (κ2) is 9.52. The van der Waals surface area contributed by atoms with Crippen LogP contribution in [0.1, 0.15) is 58.2 Å². The van der Waals surface area contributed by atoms with Crippen molar-refractivity contribution in [2.45, 2.75) is 78.6 Å². The van der Waals surface area contributed by atoms with E-state index in [9.17, 15) is 14.7 Å². The molecule has 0 aliphatic carbocycles. The van der Waals surface area contributed by atoms with E-state index in [0.717, 1.165) is 32.4 Å². The molecule has 1 aliphatic heterocycles. The van der Waals surface area contributed by atoms with Crippen LogP contribution in [0.3, 0.4) is 0 Å². The number of piperidine rings is 1. The maximum atomic E-state index is 13.3. The Morgan fingerprint density at radius 2 is 1.64 bits per heavy atom. The summed E-state index contributed by atoms with van der Waals surface area (Å²) in [5.41, 5.74) is 0.287. The van der Waals surface area contributed by atoms with Crippen molar-refractivity contribution in [3.8, 4) is 0 Å². The van der Waals surface area contributed by atoms with E-state index in [4.69, 9.17) is 0 Å². The third-order valence-corrected chi connectivity index (χ3v) is 5.61. The van der Waals surface area contributed by atoms with Crippen molar-refractivity contribution in [1.82, 2.24) is 23.6 Å². The van der Waals surface area contributed by atoms with Gasteiger partial charge in [0.2, 0.25) is 0 Å². The Bertz CT molecular complexity index is 905. The minimum absolute atomic E-state index is 0.246. The van der Waals surface area contributed by atoms with Gasteiger partial charge in [-0.3, -0.25) is 13.9 Å². The van der Waals surface area contributed by atoms with Crippen LogP contribution in [0, 0.1) is 0 Å². The fourth-order valence-corrected chi connectivity index (χ4v) is 4.06. The predicted molar refractivity (Wildman–Crippen MR) is 110 cm³/mol. The lowest BCUT2D eigenvalue weighted by molar-refractivity contribution is 0.218. The molecule has 1 N–H and O–H groups in total. The Kier molecular flexibility index (Phi) is 7.07. The summed E-state index contributed by atoms with van der Waals surface area (Å²) >= 11 is 0. The van der Waals surface area contributed by atoms with Crippen LogP contribution in [0.5, 0.6) is 0 Å². The number of imidazole rings is 1. The molecule has 3 rings (SSSR count). The zero-order chi connectivity index (χ0) is 20.1. The van der Waals surface area contributed by atoms with Crippen molar-refractivity contribution in [2.75, 3.05) is 19.6 Å². The highest BCUT2D eigenvalue weighted by Crippen LogP contribution is 2.14. The predicted octanol–water partition coefficient (Wildman–Crippen LogP) is 1.55. The number of unbranched alkanes of at least 4 members (excludes halogenated alkanes) is 1. The smallest absolute Gasteiger partial charge is 0.332 e. The third kappa shape index (κ3) is 4.07. The molecule has 0 bridgehead atoms. The van der Waals surface area contributed by atoms with Gasteiger partial charge >= 0.3 is 5.69 Å². The molecular weight excluding hydrogens is 358 g/mol. The topological polar surface area (TPSA) is 85.3 Å². The zero-order valence-corrected chi connectivity index (χ0v) is 17.2. The first-order chi connectivity index (χ1) is 13.6. The van der Waals surface area contributed by atoms with E-state index in [1.54, 1.807) is 9.13 Å². The lowest BCUT2D eigenvalue weighted by Gasteiger charge is -2.26. The van der Waals surface area contributed by atoms with Crippen molar-refractivity contribution in [3.63, 3.8) is 0 Å². The summed E-state index contributed by atoms with van der Waals surface area (Å²) in [6.45, 7) is 8.15. The van der Waals surface area contributed by atoms with Gasteiger partial charge in [-0.05, 0) is 38.8 Å². The fraction of sp³-hybridized carbons (Fsp3) is 0.750. The van der Waals surface area contributed by atoms with Gasteiger partial charge < -0.3 is 14.6 Å². The van der Waals surface area contributed by atoms with Crippen molar-refractivity contribution >= 4 is 11.2 Å². The van der Waals surface area contributed by atoms with Gasteiger partial charge in [-0.25, -0.2) is 9.78 Å². The molecule has 3 heterocycles. The molecule has 0 atom stereocenters. The Balaban J connectivity index is 2.09. The lowest BCUT2D eigenvalue weighted by Crippen LogP contribution is -2.44. The number of likely N-dealkylation sites (tertiary alicyclic amines) is 1. The molecule has 2 aromatic rings. The number of aliphatic hydroxyl groups is 1. The summed E-state index contributed by atoms with van der Waals surface area (Å²) in [7, 11) is 0. The first-order valence-electron chi connectivity index (χ1n) is 10.7. The SMILES string of the molecule is CCCCn1c(=O)n(CCN2CCCCC2)c(=O)c2c1nc(CO)n2CCC. The molecule has 8 heteroatoms. The zero-order valence-electron chi connectivity index (χ0n) is 17.2. The van der Waals surface area contributed by atoms with Gasteiger partial charge in [-0.1, -0.05) is 26.7 Å². The molecule has 1 aliphatic rings. The molecule has 28 heavy (non-hydrogen) atoms. The second-order valence-corrected chi connectivity index (χ2v) is 7.66. The first-order valence-corrected chi connectivity index (χ1v) is 10.7. The molecule has 8 nitrogen and oxygen atoms in total. The number of hydrogen-bond donors (Lipinski definition) is 1. The van der Waals surface area contributed by atoms with Gasteiger partial charge in [0.25, 0.3) is 5.56 Å². The molecule has 0 aromatic carbocycles. The molecule has 2 aromatic heterocycles. The minimum atomic E-state index is -0.287. The molecule has 0 spiro atoms. The third-order valence-electron chi connectivity index (χ3n) is 5.61. The minimum Gasteiger partial charge on any atom is -0.388 e. The average molecular weight is 392 g/mol. The number of fused-ring (bicyclic) bond motifs is 1. The van der Waals surface area contributed by atoms with Crippen molar-refractivity contribution < 1.29 is 5.11 Å². The fourth-order valence-electron chi connectivity index (χ4n) is 4.06. The van der Waals surface area contributed by atoms with Gasteiger partial charge in [0.05, 0.1) is 0 Å². The van der Waals surface area contributed by atoms with Gasteiger partial charge in [0.1, 0.15) is 12.4 Å². The van der Waals surface area contributed by atoms with Crippen LogP contribution < -0.4 is 11.2 Å². The van der Waals surface area contributed by atoms with E-state index in [2.05, 4.69) is 16.8 Å². The Morgan fingerprint density at radius 1 is 0.893 bits per heavy atom. The quantitative estimate of drug-likeness (QED) is 0.701. The van der Waals surface area contributed by atoms with Crippen LogP contribution >= 0.6 is 0 Å². The normalized spacial score (nSPS) is 15.5. The first kappa shape index (κ1) is 20.8. The van der Waals surface area contributed by atoms with Gasteiger partial charge in [0.15, 0.2) is 11.2 Å². The summed E-state index contributed by atoms with van der Waals surface area (Å²) in [6.07, 6.45) is 6.22. The molecule has 0 saturated carbocycles. The molecule has 1 saturated heterocycles. The van der Waals surface area contributed by atoms with Crippen molar-refractivity contribution in [2.24, 2.45) is 0 Å². The van der Waals surface area contributed by atoms with E-state index in [1.807, 2.05) is 6.92 Å². The van der Waals surface area contributed by atoms with E-state index in [0.29, 0.717) is 43.2 Å². The molecule has 0 unspecified atom stereocenters. The van der Waals surface area contributed by atoms with E-state index in [1.165, 1.54) is 23.8 Å². The average Bonchev–Trinajstić information content (AvgIpc) is 3.07. The van der Waals surface area contributed by atoms with Crippen LogP contribution in [0.2, 0.25) is 0 Å². The summed E-state index contributed by atoms with van der Waals surface area (Å²) in [5.74, 6) is 0.451. The van der Waals surface area contributed by atoms with Crippen LogP contribution in [-0.4, -0.2) is 48.3 Å². The largest absolute Gasteiger partial charge is 0.388 e. The van der Waals surface area contributed by atoms with Crippen LogP contribution in [-0.2, 0) is 26.2 Å². The highest BCUT2D eigenvalue weighted by Gasteiger charge is 2.21. The standard InChI is InChI=1S/C20H33N5O3/c1-3-5-12-24-18-17(23(9-4-2)16(15-26)21-18)19(27)25(20(24)28)14-13-22-10-7-6-8-11-22/h26H,3-15H2,1-2H3. The molecule has 1 fully saturated rings. The number of hydrogen-bond acceptors (Lipinski definition) is 5. The van der Waals surface area contributed by atoms with Crippen LogP contribution in [0.4, 0.5) is 0 Å². The highest BCUT2D eigenvalue weighted by atomic mass is 16.3. The lowest BCUT2D eigenvalue weighted by atomic mass is 10.1. The van der Waals surface area contributed by atoms with Crippen LogP contribution in [0.25, 0.3) is 11.2 Å². The number of aromatic nitrogens is 4. The Labute approximate surface area is 165 Å². The van der Waals surface area contributed by atoms with Gasteiger partial charge in [0, 0.05) is 26.2 Å². The number of rotatable bonds is 9. The Hall–Kier alpha value is -1.93. The summed E-state index contributed by atoms with van der Waals surface area (Å²) < 4.78 is 4.79. The molecule has 0 amide bonds. The molecular formula is C20H33N5O3. The monoisotopic (exact) mass is 391 g/mol. The number of nitrogens with zero attached hydrogens (tertiary/aromatic N) is 5. The number of aryl methyl sites for hydroxylation is 2. The molecule has 0 radical (unpaired) electrons. The number of aliphatic hydroxyl groups excluding tert-OH is 1. The van der Waals surface area contributed by atoms with Gasteiger partial charge in [-0.15, -0.1) is 0 Å². The summed E-state index contributed by atoms with van der Waals surface area (Å²) in [6, 6.07) is 0. The molecule has 156 valence electrons. The summed E-state index contributed by atoms with van der Waals surface area (Å²) in [4.78, 5) is 33.2. The van der Waals surface area contributed by atoms with Crippen LogP contribution in [0.15, 0.2) is 9.59 Å². The maximum absolute atomic E-state index is 13.3. The Morgan fingerprint density at radius 3 is 2.29 bits per heavy atom. The van der Waals surface area contributed by atoms with E-state index >= 15 is 0 Å². The van der Waals surface area contributed by atoms with Gasteiger partial charge in [-0.2, -0.15) is 0 Å². The van der Waals surface area contributed by atoms with E-state index in [-0.39, 0.29) is 17.9 Å². The van der Waals surface area contributed by atoms with Crippen molar-refractivity contribution in [3.05, 3.63) is 26.7 Å².